The van der Waals surface area contributed by atoms with Crippen LogP contribution in [0.25, 0.3) is 21.4 Å². The van der Waals surface area contributed by atoms with E-state index in [0.717, 1.165) is 60.4 Å². The number of aromatic nitrogens is 5. The number of thiazole rings is 1. The van der Waals surface area contributed by atoms with E-state index in [1.54, 1.807) is 24.8 Å². The molecule has 156 valence electrons. The van der Waals surface area contributed by atoms with Crippen LogP contribution in [0.15, 0.2) is 24.8 Å². The third-order valence-corrected chi connectivity index (χ3v) is 6.65. The van der Waals surface area contributed by atoms with Crippen LogP contribution in [0.3, 0.4) is 0 Å². The molecule has 1 aromatic carbocycles. The summed E-state index contributed by atoms with van der Waals surface area (Å²) in [6.45, 7) is 9.22. The minimum atomic E-state index is 0.630. The summed E-state index contributed by atoms with van der Waals surface area (Å²) in [6.07, 6.45) is 3.46. The van der Waals surface area contributed by atoms with E-state index < -0.39 is 0 Å². The minimum absolute atomic E-state index is 0.630. The van der Waals surface area contributed by atoms with Gasteiger partial charge in [0.15, 0.2) is 22.1 Å². The molecular formula is C21H25N7OS. The first-order chi connectivity index (χ1) is 14.6. The molecule has 3 aromatic heterocycles. The smallest absolute Gasteiger partial charge is 0.186 e. The first kappa shape index (κ1) is 19.2. The topological polar surface area (TPSA) is 72.2 Å². The second-order valence-corrected chi connectivity index (χ2v) is 8.71. The van der Waals surface area contributed by atoms with Crippen LogP contribution in [0.2, 0.25) is 0 Å². The third kappa shape index (κ3) is 3.37. The SMILES string of the molecule is COCCn1cnc2c(N3CCN(c4nc5c(C)cc(C)cc5s4)CC3)ncnc21. The van der Waals surface area contributed by atoms with Crippen LogP contribution in [0.1, 0.15) is 11.1 Å². The van der Waals surface area contributed by atoms with Gasteiger partial charge in [-0.05, 0) is 31.0 Å². The molecule has 0 unspecified atom stereocenters. The zero-order chi connectivity index (χ0) is 20.7. The molecule has 4 heterocycles. The number of aryl methyl sites for hydroxylation is 2. The zero-order valence-electron chi connectivity index (χ0n) is 17.5. The Morgan fingerprint density at radius 2 is 1.80 bits per heavy atom. The highest BCUT2D eigenvalue weighted by Crippen LogP contribution is 2.32. The molecule has 0 aliphatic carbocycles. The Bertz CT molecular complexity index is 1190. The van der Waals surface area contributed by atoms with E-state index in [1.807, 2.05) is 10.9 Å². The Kier molecular flexibility index (Phi) is 5.00. The number of benzene rings is 1. The van der Waals surface area contributed by atoms with Crippen LogP contribution >= 0.6 is 11.3 Å². The summed E-state index contributed by atoms with van der Waals surface area (Å²) < 4.78 is 8.47. The van der Waals surface area contributed by atoms with Gasteiger partial charge in [-0.3, -0.25) is 0 Å². The fourth-order valence-corrected chi connectivity index (χ4v) is 5.25. The molecule has 0 spiro atoms. The van der Waals surface area contributed by atoms with Gasteiger partial charge in [0.2, 0.25) is 0 Å². The van der Waals surface area contributed by atoms with E-state index in [1.165, 1.54) is 15.8 Å². The lowest BCUT2D eigenvalue weighted by atomic mass is 10.1. The first-order valence-electron chi connectivity index (χ1n) is 10.2. The number of imidazole rings is 1. The van der Waals surface area contributed by atoms with Gasteiger partial charge in [-0.2, -0.15) is 0 Å². The molecule has 30 heavy (non-hydrogen) atoms. The van der Waals surface area contributed by atoms with Crippen LogP contribution in [0.4, 0.5) is 10.9 Å². The van der Waals surface area contributed by atoms with E-state index in [9.17, 15) is 0 Å². The van der Waals surface area contributed by atoms with Gasteiger partial charge in [-0.25, -0.2) is 19.9 Å². The number of methoxy groups -OCH3 is 1. The Hall–Kier alpha value is -2.78. The molecule has 1 saturated heterocycles. The predicted octanol–water partition coefficient (Wildman–Crippen LogP) is 3.03. The zero-order valence-corrected chi connectivity index (χ0v) is 18.3. The second-order valence-electron chi connectivity index (χ2n) is 7.70. The molecule has 8 nitrogen and oxygen atoms in total. The number of hydrogen-bond donors (Lipinski definition) is 0. The van der Waals surface area contributed by atoms with Crippen molar-refractivity contribution in [3.8, 4) is 0 Å². The Morgan fingerprint density at radius 3 is 2.60 bits per heavy atom. The maximum Gasteiger partial charge on any atom is 0.186 e. The van der Waals surface area contributed by atoms with Crippen molar-refractivity contribution in [2.24, 2.45) is 0 Å². The van der Waals surface area contributed by atoms with Crippen molar-refractivity contribution < 1.29 is 4.74 Å². The summed E-state index contributed by atoms with van der Waals surface area (Å²) >= 11 is 1.79. The monoisotopic (exact) mass is 423 g/mol. The number of anilines is 2. The molecule has 0 amide bonds. The summed E-state index contributed by atoms with van der Waals surface area (Å²) in [4.78, 5) is 23.2. The molecule has 4 aromatic rings. The fraction of sp³-hybridized carbons (Fsp3) is 0.429. The van der Waals surface area contributed by atoms with Gasteiger partial charge >= 0.3 is 0 Å². The molecular weight excluding hydrogens is 398 g/mol. The van der Waals surface area contributed by atoms with Crippen molar-refractivity contribution in [2.75, 3.05) is 49.7 Å². The number of piperazine rings is 1. The molecule has 0 radical (unpaired) electrons. The standard InChI is InChI=1S/C21H25N7OS/c1-14-10-15(2)17-16(11-14)30-21(25-17)27-6-4-26(5-7-27)19-18-20(23-12-22-19)28(13-24-18)8-9-29-3/h10-13H,4-9H2,1-3H3. The molecule has 1 aliphatic heterocycles. The molecule has 0 N–H and O–H groups in total. The lowest BCUT2D eigenvalue weighted by Gasteiger charge is -2.35. The molecule has 9 heteroatoms. The second kappa shape index (κ2) is 7.81. The van der Waals surface area contributed by atoms with E-state index in [-0.39, 0.29) is 0 Å². The highest BCUT2D eigenvalue weighted by Gasteiger charge is 2.23. The van der Waals surface area contributed by atoms with E-state index in [0.29, 0.717) is 6.61 Å². The Morgan fingerprint density at radius 1 is 1.00 bits per heavy atom. The van der Waals surface area contributed by atoms with E-state index in [4.69, 9.17) is 9.72 Å². The molecule has 0 bridgehead atoms. The molecule has 5 rings (SSSR count). The number of nitrogens with zero attached hydrogens (tertiary/aromatic N) is 7. The van der Waals surface area contributed by atoms with Gasteiger partial charge in [0.05, 0.1) is 23.2 Å². The highest BCUT2D eigenvalue weighted by molar-refractivity contribution is 7.22. The maximum atomic E-state index is 5.19. The van der Waals surface area contributed by atoms with Gasteiger partial charge in [0, 0.05) is 39.8 Å². The van der Waals surface area contributed by atoms with Crippen LogP contribution in [0, 0.1) is 13.8 Å². The van der Waals surface area contributed by atoms with Crippen LogP contribution in [0.5, 0.6) is 0 Å². The van der Waals surface area contributed by atoms with Gasteiger partial charge < -0.3 is 19.1 Å². The number of hydrogen-bond acceptors (Lipinski definition) is 8. The fourth-order valence-electron chi connectivity index (χ4n) is 4.06. The molecule has 0 atom stereocenters. The van der Waals surface area contributed by atoms with Crippen molar-refractivity contribution in [1.82, 2.24) is 24.5 Å². The van der Waals surface area contributed by atoms with Crippen molar-refractivity contribution >= 4 is 43.7 Å². The normalized spacial score (nSPS) is 14.9. The van der Waals surface area contributed by atoms with Crippen molar-refractivity contribution in [2.45, 2.75) is 20.4 Å². The van der Waals surface area contributed by atoms with Gasteiger partial charge in [0.1, 0.15) is 6.33 Å². The summed E-state index contributed by atoms with van der Waals surface area (Å²) in [7, 11) is 1.70. The summed E-state index contributed by atoms with van der Waals surface area (Å²) in [5.74, 6) is 0.909. The minimum Gasteiger partial charge on any atom is -0.383 e. The third-order valence-electron chi connectivity index (χ3n) is 5.59. The van der Waals surface area contributed by atoms with Crippen molar-refractivity contribution in [1.29, 1.82) is 0 Å². The first-order valence-corrected chi connectivity index (χ1v) is 11.0. The van der Waals surface area contributed by atoms with E-state index >= 15 is 0 Å². The molecule has 0 saturated carbocycles. The van der Waals surface area contributed by atoms with Crippen LogP contribution in [-0.4, -0.2) is 64.4 Å². The average Bonchev–Trinajstić information content (AvgIpc) is 3.36. The Balaban J connectivity index is 1.35. The largest absolute Gasteiger partial charge is 0.383 e. The highest BCUT2D eigenvalue weighted by atomic mass is 32.1. The van der Waals surface area contributed by atoms with Crippen molar-refractivity contribution in [3.63, 3.8) is 0 Å². The van der Waals surface area contributed by atoms with Crippen molar-refractivity contribution in [3.05, 3.63) is 35.9 Å². The van der Waals surface area contributed by atoms with E-state index in [2.05, 4.69) is 50.7 Å². The lowest BCUT2D eigenvalue weighted by Crippen LogP contribution is -2.46. The Labute approximate surface area is 179 Å². The van der Waals surface area contributed by atoms with Crippen LogP contribution < -0.4 is 9.80 Å². The van der Waals surface area contributed by atoms with Crippen LogP contribution in [-0.2, 0) is 11.3 Å². The quantitative estimate of drug-likeness (QED) is 0.489. The summed E-state index contributed by atoms with van der Waals surface area (Å²) in [5.41, 5.74) is 5.38. The van der Waals surface area contributed by atoms with Gasteiger partial charge in [-0.15, -0.1) is 0 Å². The number of rotatable bonds is 5. The molecule has 1 fully saturated rings. The average molecular weight is 424 g/mol. The number of fused-ring (bicyclic) bond motifs is 2. The summed E-state index contributed by atoms with van der Waals surface area (Å²) in [5, 5.41) is 1.11. The van der Waals surface area contributed by atoms with Gasteiger partial charge in [0.25, 0.3) is 0 Å². The molecule has 1 aliphatic rings. The maximum absolute atomic E-state index is 5.19. The predicted molar refractivity (Wildman–Crippen MR) is 121 cm³/mol. The lowest BCUT2D eigenvalue weighted by molar-refractivity contribution is 0.188. The summed E-state index contributed by atoms with van der Waals surface area (Å²) in [6, 6.07) is 4.44. The van der Waals surface area contributed by atoms with Gasteiger partial charge in [-0.1, -0.05) is 17.4 Å². The number of ether oxygens (including phenoxy) is 1.